The second kappa shape index (κ2) is 8.29. The van der Waals surface area contributed by atoms with Gasteiger partial charge in [-0.1, -0.05) is 30.3 Å². The first-order valence-corrected chi connectivity index (χ1v) is 8.12. The summed E-state index contributed by atoms with van der Waals surface area (Å²) in [6.07, 6.45) is 2.89. The third kappa shape index (κ3) is 6.41. The highest BCUT2D eigenvalue weighted by atomic mass is 32.2. The van der Waals surface area contributed by atoms with Crippen LogP contribution in [0.5, 0.6) is 0 Å². The summed E-state index contributed by atoms with van der Waals surface area (Å²) in [7, 11) is 0. The summed E-state index contributed by atoms with van der Waals surface area (Å²) < 4.78 is 0. The van der Waals surface area contributed by atoms with Crippen LogP contribution >= 0.6 is 11.8 Å². The molecule has 0 spiro atoms. The van der Waals surface area contributed by atoms with Crippen molar-refractivity contribution in [1.29, 1.82) is 0 Å². The fraction of sp³-hybridized carbons (Fsp3) is 0.533. The summed E-state index contributed by atoms with van der Waals surface area (Å²) in [6, 6.07) is 9.62. The minimum absolute atomic E-state index is 0.0715. The number of aliphatic hydroxyl groups is 1. The molecule has 0 aliphatic heterocycles. The van der Waals surface area contributed by atoms with E-state index in [0.29, 0.717) is 18.6 Å². The maximum Gasteiger partial charge on any atom is 0.220 e. The molecule has 2 unspecified atom stereocenters. The molecule has 1 rings (SSSR count). The van der Waals surface area contributed by atoms with E-state index >= 15 is 0 Å². The van der Waals surface area contributed by atoms with Crippen molar-refractivity contribution in [3.05, 3.63) is 35.9 Å². The predicted molar refractivity (Wildman–Crippen MR) is 84.6 cm³/mol. The van der Waals surface area contributed by atoms with Crippen molar-refractivity contribution in [1.82, 2.24) is 5.32 Å². The molecule has 0 fully saturated rings. The lowest BCUT2D eigenvalue weighted by Gasteiger charge is -2.22. The first-order chi connectivity index (χ1) is 9.44. The van der Waals surface area contributed by atoms with Crippen LogP contribution in [0.1, 0.15) is 31.4 Å². The molecule has 112 valence electrons. The van der Waals surface area contributed by atoms with E-state index in [1.54, 1.807) is 18.7 Å². The Morgan fingerprint density at radius 1 is 1.45 bits per heavy atom. The Morgan fingerprint density at radius 2 is 2.10 bits per heavy atom. The molecule has 0 saturated heterocycles. The van der Waals surface area contributed by atoms with Gasteiger partial charge in [0.2, 0.25) is 5.91 Å². The van der Waals surface area contributed by atoms with Crippen LogP contribution in [0, 0.1) is 0 Å². The molecule has 0 radical (unpaired) electrons. The Kier molecular flexibility index (Phi) is 7.05. The quantitative estimate of drug-likeness (QED) is 0.682. The number of carbonyl (C=O) groups is 1. The van der Waals surface area contributed by atoms with Gasteiger partial charge in [-0.05, 0) is 25.2 Å². The van der Waals surface area contributed by atoms with Crippen LogP contribution in [-0.2, 0) is 4.79 Å². The van der Waals surface area contributed by atoms with Gasteiger partial charge < -0.3 is 16.2 Å². The third-order valence-corrected chi connectivity index (χ3v) is 3.94. The van der Waals surface area contributed by atoms with Crippen molar-refractivity contribution in [2.75, 3.05) is 18.6 Å². The minimum atomic E-state index is -0.864. The zero-order chi connectivity index (χ0) is 15.0. The summed E-state index contributed by atoms with van der Waals surface area (Å²) in [5, 5.41) is 12.7. The van der Waals surface area contributed by atoms with Crippen LogP contribution in [0.25, 0.3) is 0 Å². The molecule has 1 aromatic carbocycles. The maximum atomic E-state index is 11.7. The largest absolute Gasteiger partial charge is 0.387 e. The Balaban J connectivity index is 2.30. The fourth-order valence-electron chi connectivity index (χ4n) is 1.89. The normalized spacial score (nSPS) is 15.4. The standard InChI is InChI=1S/C15H24N2O2S/c1-15(19,11-20-2)10-17-14(18)9-8-13(16)12-6-4-3-5-7-12/h3-7,13,19H,8-11,16H2,1-2H3,(H,17,18). The first-order valence-electron chi connectivity index (χ1n) is 6.73. The highest BCUT2D eigenvalue weighted by Crippen LogP contribution is 2.15. The van der Waals surface area contributed by atoms with E-state index in [-0.39, 0.29) is 18.5 Å². The van der Waals surface area contributed by atoms with Gasteiger partial charge in [-0.25, -0.2) is 0 Å². The van der Waals surface area contributed by atoms with Gasteiger partial charge in [0.15, 0.2) is 0 Å². The van der Waals surface area contributed by atoms with E-state index in [1.807, 2.05) is 36.6 Å². The van der Waals surface area contributed by atoms with Crippen molar-refractivity contribution in [2.24, 2.45) is 5.73 Å². The Labute approximate surface area is 125 Å². The van der Waals surface area contributed by atoms with E-state index in [2.05, 4.69) is 5.32 Å². The molecular formula is C15H24N2O2S. The van der Waals surface area contributed by atoms with Crippen LogP contribution in [0.2, 0.25) is 0 Å². The van der Waals surface area contributed by atoms with Gasteiger partial charge in [0.1, 0.15) is 0 Å². The Morgan fingerprint density at radius 3 is 2.70 bits per heavy atom. The summed E-state index contributed by atoms with van der Waals surface area (Å²) in [5.74, 6) is 0.523. The molecule has 4 nitrogen and oxygen atoms in total. The molecule has 0 saturated carbocycles. The van der Waals surface area contributed by atoms with E-state index < -0.39 is 5.60 Å². The van der Waals surface area contributed by atoms with Gasteiger partial charge in [-0.15, -0.1) is 0 Å². The van der Waals surface area contributed by atoms with Crippen molar-refractivity contribution >= 4 is 17.7 Å². The number of carbonyl (C=O) groups excluding carboxylic acids is 1. The van der Waals surface area contributed by atoms with Gasteiger partial charge in [-0.2, -0.15) is 11.8 Å². The summed E-state index contributed by atoms with van der Waals surface area (Å²) in [5.41, 5.74) is 6.21. The molecule has 2 atom stereocenters. The van der Waals surface area contributed by atoms with E-state index in [1.165, 1.54) is 0 Å². The molecule has 4 N–H and O–H groups in total. The molecule has 1 aromatic rings. The molecular weight excluding hydrogens is 272 g/mol. The first kappa shape index (κ1) is 17.0. The van der Waals surface area contributed by atoms with Crippen molar-refractivity contribution in [3.8, 4) is 0 Å². The van der Waals surface area contributed by atoms with Gasteiger partial charge in [0.25, 0.3) is 0 Å². The Hall–Kier alpha value is -1.04. The van der Waals surface area contributed by atoms with Crippen LogP contribution in [0.4, 0.5) is 0 Å². The lowest BCUT2D eigenvalue weighted by atomic mass is 10.0. The third-order valence-electron chi connectivity index (χ3n) is 3.03. The second-order valence-electron chi connectivity index (χ2n) is 5.26. The molecule has 1 amide bonds. The molecule has 5 heteroatoms. The predicted octanol–water partition coefficient (Wildman–Crippen LogP) is 1.70. The average Bonchev–Trinajstić information content (AvgIpc) is 2.43. The second-order valence-corrected chi connectivity index (χ2v) is 6.13. The smallest absolute Gasteiger partial charge is 0.220 e. The van der Waals surface area contributed by atoms with Gasteiger partial charge >= 0.3 is 0 Å². The van der Waals surface area contributed by atoms with E-state index in [0.717, 1.165) is 5.56 Å². The van der Waals surface area contributed by atoms with Crippen molar-refractivity contribution < 1.29 is 9.90 Å². The van der Waals surface area contributed by atoms with Crippen LogP contribution < -0.4 is 11.1 Å². The number of thioether (sulfide) groups is 1. The number of hydrogen-bond donors (Lipinski definition) is 3. The zero-order valence-corrected chi connectivity index (χ0v) is 13.0. The fourth-order valence-corrected chi connectivity index (χ4v) is 2.62. The zero-order valence-electron chi connectivity index (χ0n) is 12.1. The molecule has 20 heavy (non-hydrogen) atoms. The molecule has 0 aliphatic rings. The van der Waals surface area contributed by atoms with Gasteiger partial charge in [-0.3, -0.25) is 4.79 Å². The number of benzene rings is 1. The highest BCUT2D eigenvalue weighted by Gasteiger charge is 2.20. The SMILES string of the molecule is CSCC(C)(O)CNC(=O)CCC(N)c1ccccc1. The highest BCUT2D eigenvalue weighted by molar-refractivity contribution is 7.98. The Bertz CT molecular complexity index is 410. The summed E-state index contributed by atoms with van der Waals surface area (Å²) in [4.78, 5) is 11.7. The number of nitrogens with one attached hydrogen (secondary N) is 1. The lowest BCUT2D eigenvalue weighted by Crippen LogP contribution is -2.42. The number of hydrogen-bond acceptors (Lipinski definition) is 4. The van der Waals surface area contributed by atoms with Crippen LogP contribution in [-0.4, -0.2) is 35.2 Å². The van der Waals surface area contributed by atoms with Crippen molar-refractivity contribution in [2.45, 2.75) is 31.4 Å². The van der Waals surface area contributed by atoms with Gasteiger partial charge in [0.05, 0.1) is 5.60 Å². The topological polar surface area (TPSA) is 75.3 Å². The average molecular weight is 296 g/mol. The molecule has 0 aliphatic carbocycles. The minimum Gasteiger partial charge on any atom is -0.387 e. The van der Waals surface area contributed by atoms with E-state index in [9.17, 15) is 9.90 Å². The monoisotopic (exact) mass is 296 g/mol. The summed E-state index contributed by atoms with van der Waals surface area (Å²) >= 11 is 1.55. The number of rotatable bonds is 8. The number of nitrogens with two attached hydrogens (primary N) is 1. The van der Waals surface area contributed by atoms with Crippen molar-refractivity contribution in [3.63, 3.8) is 0 Å². The van der Waals surface area contributed by atoms with Crippen LogP contribution in [0.15, 0.2) is 30.3 Å². The lowest BCUT2D eigenvalue weighted by molar-refractivity contribution is -0.122. The maximum absolute atomic E-state index is 11.7. The molecule has 0 aromatic heterocycles. The van der Waals surface area contributed by atoms with E-state index in [4.69, 9.17) is 5.73 Å². The van der Waals surface area contributed by atoms with Crippen LogP contribution in [0.3, 0.4) is 0 Å². The molecule has 0 heterocycles. The molecule has 0 bridgehead atoms. The number of amides is 1. The van der Waals surface area contributed by atoms with Gasteiger partial charge in [0, 0.05) is 24.8 Å². The summed E-state index contributed by atoms with van der Waals surface area (Å²) in [6.45, 7) is 1.99.